The Hall–Kier alpha value is -1.16. The third-order valence-electron chi connectivity index (χ3n) is 4.10. The van der Waals surface area contributed by atoms with Crippen molar-refractivity contribution in [2.24, 2.45) is 5.41 Å². The van der Waals surface area contributed by atoms with Gasteiger partial charge in [-0.1, -0.05) is 13.8 Å². The molecular weight excluding hydrogens is 226 g/mol. The molecule has 1 saturated heterocycles. The molecule has 0 bridgehead atoms. The summed E-state index contributed by atoms with van der Waals surface area (Å²) in [6, 6.07) is 0. The topological polar surface area (TPSA) is 46.9 Å². The average molecular weight is 249 g/mol. The maximum Gasteiger partial charge on any atom is 0.204 e. The van der Waals surface area contributed by atoms with Crippen LogP contribution in [0.5, 0.6) is 0 Å². The number of aryl methyl sites for hydroxylation is 1. The molecule has 1 aliphatic rings. The number of nitrogens with one attached hydrogen (secondary N) is 1. The summed E-state index contributed by atoms with van der Waals surface area (Å²) in [5, 5.41) is 3.33. The van der Waals surface area contributed by atoms with Crippen molar-refractivity contribution in [3.8, 4) is 0 Å². The maximum atomic E-state index is 12.8. The van der Waals surface area contributed by atoms with Crippen LogP contribution in [0, 0.1) is 5.41 Å². The fraction of sp³-hybridized carbons (Fsp3) is 0.714. The summed E-state index contributed by atoms with van der Waals surface area (Å²) in [5.41, 5.74) is -0.192. The summed E-state index contributed by atoms with van der Waals surface area (Å²) in [7, 11) is 0. The van der Waals surface area contributed by atoms with E-state index in [0.717, 1.165) is 45.3 Å². The van der Waals surface area contributed by atoms with E-state index in [-0.39, 0.29) is 11.2 Å². The molecule has 0 amide bonds. The Morgan fingerprint density at radius 2 is 2.17 bits per heavy atom. The lowest BCUT2D eigenvalue weighted by molar-refractivity contribution is 0.0700. The van der Waals surface area contributed by atoms with Gasteiger partial charge in [0.25, 0.3) is 0 Å². The number of hydrogen-bond donors (Lipinski definition) is 1. The Bertz CT molecular complexity index is 405. The first-order valence-corrected chi connectivity index (χ1v) is 7.00. The molecule has 4 heteroatoms. The van der Waals surface area contributed by atoms with Crippen LogP contribution in [0.2, 0.25) is 0 Å². The predicted molar refractivity (Wildman–Crippen MR) is 71.7 cm³/mol. The summed E-state index contributed by atoms with van der Waals surface area (Å²) in [6.07, 6.45) is 7.46. The number of Topliss-reactive ketones (excluding diaryl/α,β-unsaturated/α-hetero) is 1. The molecule has 0 atom stereocenters. The number of aromatic nitrogens is 2. The quantitative estimate of drug-likeness (QED) is 0.814. The van der Waals surface area contributed by atoms with Gasteiger partial charge in [0.2, 0.25) is 5.78 Å². The third-order valence-corrected chi connectivity index (χ3v) is 4.10. The Kier molecular flexibility index (Phi) is 4.17. The van der Waals surface area contributed by atoms with Gasteiger partial charge in [0.15, 0.2) is 5.82 Å². The highest BCUT2D eigenvalue weighted by atomic mass is 16.1. The minimum atomic E-state index is -0.192. The van der Waals surface area contributed by atoms with Gasteiger partial charge in [-0.05, 0) is 38.8 Å². The molecule has 1 aromatic rings. The molecule has 0 aliphatic carbocycles. The Morgan fingerprint density at radius 3 is 2.78 bits per heavy atom. The zero-order chi connectivity index (χ0) is 13.0. The van der Waals surface area contributed by atoms with Crippen LogP contribution in [0.15, 0.2) is 12.4 Å². The molecule has 0 unspecified atom stereocenters. The van der Waals surface area contributed by atoms with Gasteiger partial charge in [-0.2, -0.15) is 0 Å². The van der Waals surface area contributed by atoms with Crippen molar-refractivity contribution in [3.63, 3.8) is 0 Å². The van der Waals surface area contributed by atoms with Crippen molar-refractivity contribution < 1.29 is 4.79 Å². The normalized spacial score (nSPS) is 18.8. The van der Waals surface area contributed by atoms with Gasteiger partial charge in [-0.15, -0.1) is 0 Å². The number of hydrogen-bond acceptors (Lipinski definition) is 3. The molecule has 2 heterocycles. The molecule has 0 aromatic carbocycles. The van der Waals surface area contributed by atoms with Gasteiger partial charge < -0.3 is 9.88 Å². The van der Waals surface area contributed by atoms with Crippen LogP contribution in [0.3, 0.4) is 0 Å². The zero-order valence-electron chi connectivity index (χ0n) is 11.4. The maximum absolute atomic E-state index is 12.8. The predicted octanol–water partition coefficient (Wildman–Crippen LogP) is 2.26. The molecule has 1 aromatic heterocycles. The molecule has 1 fully saturated rings. The molecule has 0 radical (unpaired) electrons. The van der Waals surface area contributed by atoms with Crippen molar-refractivity contribution in [1.82, 2.24) is 14.9 Å². The molecule has 18 heavy (non-hydrogen) atoms. The highest BCUT2D eigenvalue weighted by Gasteiger charge is 2.39. The average Bonchev–Trinajstić information content (AvgIpc) is 2.87. The first kappa shape index (κ1) is 13.3. The number of imidazole rings is 1. The standard InChI is InChI=1S/C14H23N3O/c1-3-10-17-11-9-16-13(17)12(18)14(4-2)5-7-15-8-6-14/h9,11,15H,3-8,10H2,1-2H3. The second-order valence-electron chi connectivity index (χ2n) is 5.16. The van der Waals surface area contributed by atoms with E-state index >= 15 is 0 Å². The minimum absolute atomic E-state index is 0.192. The Balaban J connectivity index is 2.25. The number of nitrogens with zero attached hydrogens (tertiary/aromatic N) is 2. The van der Waals surface area contributed by atoms with E-state index < -0.39 is 0 Å². The highest BCUT2D eigenvalue weighted by molar-refractivity contribution is 5.97. The number of carbonyl (C=O) groups excluding carboxylic acids is 1. The monoisotopic (exact) mass is 249 g/mol. The first-order valence-electron chi connectivity index (χ1n) is 7.00. The van der Waals surface area contributed by atoms with Crippen LogP contribution in [0.25, 0.3) is 0 Å². The van der Waals surface area contributed by atoms with E-state index in [0.29, 0.717) is 5.82 Å². The van der Waals surface area contributed by atoms with E-state index in [1.165, 1.54) is 0 Å². The van der Waals surface area contributed by atoms with Gasteiger partial charge in [0, 0.05) is 24.4 Å². The van der Waals surface area contributed by atoms with Gasteiger partial charge in [0.1, 0.15) is 0 Å². The fourth-order valence-corrected chi connectivity index (χ4v) is 2.82. The number of rotatable bonds is 5. The van der Waals surface area contributed by atoms with E-state index in [1.54, 1.807) is 6.20 Å². The van der Waals surface area contributed by atoms with Crippen LogP contribution in [0.4, 0.5) is 0 Å². The summed E-state index contributed by atoms with van der Waals surface area (Å²) in [5.74, 6) is 0.894. The highest BCUT2D eigenvalue weighted by Crippen LogP contribution is 2.35. The molecule has 1 aliphatic heterocycles. The van der Waals surface area contributed by atoms with Gasteiger partial charge in [-0.3, -0.25) is 4.79 Å². The van der Waals surface area contributed by atoms with Crippen molar-refractivity contribution in [3.05, 3.63) is 18.2 Å². The molecule has 100 valence electrons. The molecule has 2 rings (SSSR count). The van der Waals surface area contributed by atoms with Crippen LogP contribution < -0.4 is 5.32 Å². The molecule has 0 spiro atoms. The zero-order valence-corrected chi connectivity index (χ0v) is 11.4. The van der Waals surface area contributed by atoms with Crippen molar-refractivity contribution in [2.45, 2.75) is 46.1 Å². The summed E-state index contributed by atoms with van der Waals surface area (Å²) < 4.78 is 2.00. The van der Waals surface area contributed by atoms with Gasteiger partial charge >= 0.3 is 0 Å². The van der Waals surface area contributed by atoms with Crippen molar-refractivity contribution >= 4 is 5.78 Å². The second kappa shape index (κ2) is 5.65. The Morgan fingerprint density at radius 1 is 1.44 bits per heavy atom. The lowest BCUT2D eigenvalue weighted by Gasteiger charge is -2.35. The first-order chi connectivity index (χ1) is 8.73. The van der Waals surface area contributed by atoms with Crippen LogP contribution in [0.1, 0.15) is 50.1 Å². The second-order valence-corrected chi connectivity index (χ2v) is 5.16. The van der Waals surface area contributed by atoms with Crippen molar-refractivity contribution in [2.75, 3.05) is 13.1 Å². The SMILES string of the molecule is CCCn1ccnc1C(=O)C1(CC)CCNCC1. The van der Waals surface area contributed by atoms with E-state index in [1.807, 2.05) is 10.8 Å². The number of piperidine rings is 1. The van der Waals surface area contributed by atoms with Crippen LogP contribution in [-0.2, 0) is 6.54 Å². The third kappa shape index (κ3) is 2.34. The summed E-state index contributed by atoms with van der Waals surface area (Å²) in [4.78, 5) is 17.1. The molecule has 4 nitrogen and oxygen atoms in total. The lowest BCUT2D eigenvalue weighted by Crippen LogP contribution is -2.42. The molecular formula is C14H23N3O. The van der Waals surface area contributed by atoms with Crippen LogP contribution >= 0.6 is 0 Å². The minimum Gasteiger partial charge on any atom is -0.329 e. The largest absolute Gasteiger partial charge is 0.329 e. The van der Waals surface area contributed by atoms with Crippen LogP contribution in [-0.4, -0.2) is 28.4 Å². The molecule has 1 N–H and O–H groups in total. The van der Waals surface area contributed by atoms with E-state index in [4.69, 9.17) is 0 Å². The summed E-state index contributed by atoms with van der Waals surface area (Å²) >= 11 is 0. The van der Waals surface area contributed by atoms with Gasteiger partial charge in [-0.25, -0.2) is 4.98 Å². The van der Waals surface area contributed by atoms with E-state index in [9.17, 15) is 4.79 Å². The molecule has 0 saturated carbocycles. The number of ketones is 1. The fourth-order valence-electron chi connectivity index (χ4n) is 2.82. The lowest BCUT2D eigenvalue weighted by atomic mass is 9.73. The van der Waals surface area contributed by atoms with E-state index in [2.05, 4.69) is 24.1 Å². The smallest absolute Gasteiger partial charge is 0.204 e. The van der Waals surface area contributed by atoms with Gasteiger partial charge in [0.05, 0.1) is 0 Å². The number of carbonyl (C=O) groups is 1. The van der Waals surface area contributed by atoms with Crippen molar-refractivity contribution in [1.29, 1.82) is 0 Å². The Labute approximate surface area is 109 Å². The summed E-state index contributed by atoms with van der Waals surface area (Å²) in [6.45, 7) is 6.99.